The molecule has 0 saturated heterocycles. The zero-order valence-corrected chi connectivity index (χ0v) is 16.0. The average molecular weight is 374 g/mol. The summed E-state index contributed by atoms with van der Waals surface area (Å²) in [5.74, 6) is -1.74. The molecule has 7 heteroatoms. The Morgan fingerprint density at radius 1 is 1.26 bits per heavy atom. The molecule has 0 radical (unpaired) electrons. The molecule has 2 atom stereocenters. The second-order valence-corrected chi connectivity index (χ2v) is 7.67. The monoisotopic (exact) mass is 374 g/mol. The van der Waals surface area contributed by atoms with Crippen LogP contribution in [0.4, 0.5) is 0 Å². The Balaban J connectivity index is 1.99. The van der Waals surface area contributed by atoms with Gasteiger partial charge in [0.05, 0.1) is 5.92 Å². The lowest BCUT2D eigenvalue weighted by atomic mass is 9.90. The summed E-state index contributed by atoms with van der Waals surface area (Å²) in [4.78, 5) is 36.5. The topological polar surface area (TPSA) is 89.8 Å². The first-order chi connectivity index (χ1) is 12.7. The number of benzene rings is 1. The zero-order chi connectivity index (χ0) is 20.0. The summed E-state index contributed by atoms with van der Waals surface area (Å²) in [6.45, 7) is 4.84. The number of ether oxygens (including phenoxy) is 1. The highest BCUT2D eigenvalue weighted by molar-refractivity contribution is 5.87. The Kier molecular flexibility index (Phi) is 6.71. The van der Waals surface area contributed by atoms with Crippen LogP contribution in [0.2, 0.25) is 0 Å². The fraction of sp³-hybridized carbons (Fsp3) is 0.500. The van der Waals surface area contributed by atoms with Gasteiger partial charge in [0, 0.05) is 11.1 Å². The third-order valence-electron chi connectivity index (χ3n) is 4.25. The highest BCUT2D eigenvalue weighted by Crippen LogP contribution is 2.24. The van der Waals surface area contributed by atoms with Crippen LogP contribution in [0.3, 0.4) is 0 Å². The SMILES string of the molecule is CC(C)(C)OC(=O)CN1C=CC(CCCc2ccccc2)C([N+](=O)[O-])C1=O. The standard InChI is InChI=1S/C20H26N2O5/c1-20(2,3)27-17(23)14-21-13-12-16(18(19(21)24)22(25)26)11-7-10-15-8-5-4-6-9-15/h4-6,8-9,12-13,16,18H,7,10-11,14H2,1-3H3. The molecule has 0 N–H and O–H groups in total. The first kappa shape index (κ1) is 20.6. The predicted octanol–water partition coefficient (Wildman–Crippen LogP) is 2.97. The minimum Gasteiger partial charge on any atom is -0.459 e. The van der Waals surface area contributed by atoms with Gasteiger partial charge in [-0.25, -0.2) is 0 Å². The fourth-order valence-corrected chi connectivity index (χ4v) is 3.08. The lowest BCUT2D eigenvalue weighted by molar-refractivity contribution is -0.516. The van der Waals surface area contributed by atoms with Crippen molar-refractivity contribution >= 4 is 11.9 Å². The van der Waals surface area contributed by atoms with Gasteiger partial charge in [0.2, 0.25) is 0 Å². The van der Waals surface area contributed by atoms with E-state index < -0.39 is 34.4 Å². The fourth-order valence-electron chi connectivity index (χ4n) is 3.08. The molecule has 0 bridgehead atoms. The normalized spacial score (nSPS) is 19.8. The van der Waals surface area contributed by atoms with Crippen molar-refractivity contribution < 1.29 is 19.2 Å². The first-order valence-corrected chi connectivity index (χ1v) is 9.05. The van der Waals surface area contributed by atoms with Crippen molar-refractivity contribution in [1.29, 1.82) is 0 Å². The van der Waals surface area contributed by atoms with E-state index in [2.05, 4.69) is 0 Å². The number of aryl methyl sites for hydroxylation is 1. The van der Waals surface area contributed by atoms with E-state index in [0.29, 0.717) is 6.42 Å². The van der Waals surface area contributed by atoms with Gasteiger partial charge in [0.1, 0.15) is 12.1 Å². The number of rotatable bonds is 7. The smallest absolute Gasteiger partial charge is 0.326 e. The molecular weight excluding hydrogens is 348 g/mol. The van der Waals surface area contributed by atoms with Gasteiger partial charge >= 0.3 is 11.9 Å². The van der Waals surface area contributed by atoms with Gasteiger partial charge in [-0.2, -0.15) is 0 Å². The van der Waals surface area contributed by atoms with E-state index in [0.717, 1.165) is 23.3 Å². The van der Waals surface area contributed by atoms with Crippen LogP contribution >= 0.6 is 0 Å². The molecule has 1 aliphatic rings. The summed E-state index contributed by atoms with van der Waals surface area (Å²) in [6.07, 6.45) is 5.20. The average Bonchev–Trinajstić information content (AvgIpc) is 2.56. The van der Waals surface area contributed by atoms with Gasteiger partial charge in [-0.1, -0.05) is 36.4 Å². The van der Waals surface area contributed by atoms with E-state index in [4.69, 9.17) is 4.74 Å². The molecule has 1 aromatic carbocycles. The van der Waals surface area contributed by atoms with Gasteiger partial charge in [0.15, 0.2) is 0 Å². The molecule has 0 aliphatic carbocycles. The van der Waals surface area contributed by atoms with Crippen molar-refractivity contribution in [2.24, 2.45) is 5.92 Å². The summed E-state index contributed by atoms with van der Waals surface area (Å²) in [5.41, 5.74) is 0.482. The Bertz CT molecular complexity index is 709. The maximum absolute atomic E-state index is 12.5. The minimum absolute atomic E-state index is 0.326. The highest BCUT2D eigenvalue weighted by atomic mass is 16.6. The van der Waals surface area contributed by atoms with Crippen LogP contribution < -0.4 is 0 Å². The number of nitrogens with zero attached hydrogens (tertiary/aromatic N) is 2. The summed E-state index contributed by atoms with van der Waals surface area (Å²) >= 11 is 0. The molecule has 1 aliphatic heterocycles. The molecule has 0 spiro atoms. The lowest BCUT2D eigenvalue weighted by Crippen LogP contribution is -2.49. The summed E-state index contributed by atoms with van der Waals surface area (Å²) in [6, 6.07) is 8.49. The van der Waals surface area contributed by atoms with Crippen molar-refractivity contribution in [3.63, 3.8) is 0 Å². The number of carbonyl (C=O) groups excluding carboxylic acids is 2. The third kappa shape index (κ3) is 6.20. The van der Waals surface area contributed by atoms with Crippen molar-refractivity contribution in [3.05, 3.63) is 58.3 Å². The van der Waals surface area contributed by atoms with E-state index in [-0.39, 0.29) is 6.54 Å². The molecule has 1 amide bonds. The predicted molar refractivity (Wildman–Crippen MR) is 100 cm³/mol. The summed E-state index contributed by atoms with van der Waals surface area (Å²) in [7, 11) is 0. The molecule has 1 heterocycles. The van der Waals surface area contributed by atoms with Crippen molar-refractivity contribution in [1.82, 2.24) is 4.90 Å². The van der Waals surface area contributed by atoms with Crippen molar-refractivity contribution in [3.8, 4) is 0 Å². The van der Waals surface area contributed by atoms with Crippen molar-refractivity contribution in [2.45, 2.75) is 51.7 Å². The second kappa shape index (κ2) is 8.79. The quantitative estimate of drug-likeness (QED) is 0.416. The third-order valence-corrected chi connectivity index (χ3v) is 4.25. The van der Waals surface area contributed by atoms with Crippen LogP contribution in [0.15, 0.2) is 42.6 Å². The lowest BCUT2D eigenvalue weighted by Gasteiger charge is -2.28. The van der Waals surface area contributed by atoms with Gasteiger partial charge < -0.3 is 9.64 Å². The molecule has 7 nitrogen and oxygen atoms in total. The van der Waals surface area contributed by atoms with E-state index in [1.165, 1.54) is 6.20 Å². The van der Waals surface area contributed by atoms with Gasteiger partial charge in [-0.15, -0.1) is 0 Å². The van der Waals surface area contributed by atoms with E-state index in [1.807, 2.05) is 30.3 Å². The van der Waals surface area contributed by atoms with Gasteiger partial charge in [0.25, 0.3) is 6.04 Å². The van der Waals surface area contributed by atoms with Crippen LogP contribution in [0.1, 0.15) is 39.2 Å². The Hall–Kier alpha value is -2.70. The van der Waals surface area contributed by atoms with Gasteiger partial charge in [-0.3, -0.25) is 19.7 Å². The maximum atomic E-state index is 12.5. The largest absolute Gasteiger partial charge is 0.459 e. The molecule has 27 heavy (non-hydrogen) atoms. The first-order valence-electron chi connectivity index (χ1n) is 9.05. The van der Waals surface area contributed by atoms with Crippen LogP contribution in [-0.4, -0.2) is 39.9 Å². The minimum atomic E-state index is -1.37. The number of hydrogen-bond donors (Lipinski definition) is 0. The summed E-state index contributed by atoms with van der Waals surface area (Å²) in [5, 5.41) is 11.5. The molecular formula is C20H26N2O5. The van der Waals surface area contributed by atoms with E-state index >= 15 is 0 Å². The van der Waals surface area contributed by atoms with E-state index in [1.54, 1.807) is 26.8 Å². The number of hydrogen-bond acceptors (Lipinski definition) is 5. The van der Waals surface area contributed by atoms with Crippen LogP contribution in [-0.2, 0) is 20.7 Å². The zero-order valence-electron chi connectivity index (χ0n) is 16.0. The molecule has 1 aromatic rings. The summed E-state index contributed by atoms with van der Waals surface area (Å²) < 4.78 is 5.19. The maximum Gasteiger partial charge on any atom is 0.326 e. The molecule has 2 rings (SSSR count). The molecule has 2 unspecified atom stereocenters. The Labute approximate surface area is 159 Å². The number of nitro groups is 1. The number of esters is 1. The van der Waals surface area contributed by atoms with E-state index in [9.17, 15) is 19.7 Å². The van der Waals surface area contributed by atoms with Crippen LogP contribution in [0, 0.1) is 16.0 Å². The number of carbonyl (C=O) groups is 2. The van der Waals surface area contributed by atoms with Gasteiger partial charge in [-0.05, 0) is 45.6 Å². The Morgan fingerprint density at radius 3 is 2.52 bits per heavy atom. The molecule has 0 saturated carbocycles. The molecule has 146 valence electrons. The second-order valence-electron chi connectivity index (χ2n) is 7.67. The van der Waals surface area contributed by atoms with Crippen LogP contribution in [0.5, 0.6) is 0 Å². The molecule has 0 aromatic heterocycles. The highest BCUT2D eigenvalue weighted by Gasteiger charge is 2.43. The van der Waals surface area contributed by atoms with Crippen LogP contribution in [0.25, 0.3) is 0 Å². The number of amides is 1. The van der Waals surface area contributed by atoms with Crippen molar-refractivity contribution in [2.75, 3.05) is 6.54 Å². The molecule has 0 fully saturated rings. The Morgan fingerprint density at radius 2 is 1.93 bits per heavy atom.